The minimum absolute atomic E-state index is 0.169. The zero-order valence-electron chi connectivity index (χ0n) is 10.4. The van der Waals surface area contributed by atoms with Gasteiger partial charge in [-0.25, -0.2) is 0 Å². The fourth-order valence-corrected chi connectivity index (χ4v) is 2.95. The van der Waals surface area contributed by atoms with Gasteiger partial charge in [-0.3, -0.25) is 4.79 Å². The molecule has 0 fully saturated rings. The second-order valence-corrected chi connectivity index (χ2v) is 6.18. The summed E-state index contributed by atoms with van der Waals surface area (Å²) in [6.07, 6.45) is 0.445. The summed E-state index contributed by atoms with van der Waals surface area (Å²) in [5, 5.41) is 9.14. The van der Waals surface area contributed by atoms with Crippen LogP contribution in [-0.2, 0) is 4.79 Å². The zero-order chi connectivity index (χ0) is 13.1. The Balaban J connectivity index is 2.61. The molecule has 0 saturated heterocycles. The van der Waals surface area contributed by atoms with Gasteiger partial charge in [0.2, 0.25) is 0 Å². The van der Waals surface area contributed by atoms with Gasteiger partial charge in [0, 0.05) is 10.1 Å². The lowest BCUT2D eigenvalue weighted by Gasteiger charge is -2.23. The quantitative estimate of drug-likeness (QED) is 0.792. The highest BCUT2D eigenvalue weighted by atomic mass is 32.2. The fraction of sp³-hybridized carbons (Fsp3) is 0.462. The first-order valence-corrected chi connectivity index (χ1v) is 6.45. The number of hydrogen-bond acceptors (Lipinski definition) is 3. The van der Waals surface area contributed by atoms with Crippen molar-refractivity contribution in [3.63, 3.8) is 0 Å². The molecule has 0 heterocycles. The number of aryl methyl sites for hydroxylation is 1. The van der Waals surface area contributed by atoms with Crippen molar-refractivity contribution in [3.8, 4) is 0 Å². The van der Waals surface area contributed by atoms with Gasteiger partial charge in [0.15, 0.2) is 0 Å². The Kier molecular flexibility index (Phi) is 4.60. The summed E-state index contributed by atoms with van der Waals surface area (Å²) < 4.78 is 0. The summed E-state index contributed by atoms with van der Waals surface area (Å²) in [6, 6.07) is 8.17. The third-order valence-corrected chi connectivity index (χ3v) is 3.62. The summed E-state index contributed by atoms with van der Waals surface area (Å²) in [6.45, 7) is 5.60. The number of hydrogen-bond donors (Lipinski definition) is 2. The van der Waals surface area contributed by atoms with Crippen LogP contribution in [0.25, 0.3) is 0 Å². The molecule has 0 spiro atoms. The molecule has 2 atom stereocenters. The van der Waals surface area contributed by atoms with Gasteiger partial charge in [-0.1, -0.05) is 24.6 Å². The van der Waals surface area contributed by atoms with E-state index in [1.165, 1.54) is 5.56 Å². The van der Waals surface area contributed by atoms with E-state index in [-0.39, 0.29) is 5.25 Å². The zero-order valence-corrected chi connectivity index (χ0v) is 11.3. The Morgan fingerprint density at radius 1 is 1.59 bits per heavy atom. The average Bonchev–Trinajstić information content (AvgIpc) is 2.15. The van der Waals surface area contributed by atoms with Gasteiger partial charge < -0.3 is 10.8 Å². The van der Waals surface area contributed by atoms with E-state index in [9.17, 15) is 4.79 Å². The lowest BCUT2D eigenvalue weighted by molar-refractivity contribution is -0.142. The molecule has 0 aliphatic heterocycles. The van der Waals surface area contributed by atoms with Crippen LogP contribution in [0, 0.1) is 6.92 Å². The molecule has 0 radical (unpaired) electrons. The van der Waals surface area contributed by atoms with Crippen molar-refractivity contribution >= 4 is 17.7 Å². The SMILES string of the molecule is Cc1cccc(SC(C)CC(C)(N)C(=O)O)c1. The standard InChI is InChI=1S/C13H19NO2S/c1-9-5-4-6-11(7-9)17-10(2)8-13(3,14)12(15)16/h4-7,10H,8,14H2,1-3H3,(H,15,16). The summed E-state index contributed by atoms with van der Waals surface area (Å²) in [5.74, 6) is -0.950. The van der Waals surface area contributed by atoms with Gasteiger partial charge in [-0.2, -0.15) is 0 Å². The van der Waals surface area contributed by atoms with Gasteiger partial charge in [-0.15, -0.1) is 11.8 Å². The third-order valence-electron chi connectivity index (χ3n) is 2.53. The topological polar surface area (TPSA) is 63.3 Å². The van der Waals surface area contributed by atoms with Gasteiger partial charge in [-0.05, 0) is 32.4 Å². The molecule has 1 aromatic rings. The van der Waals surface area contributed by atoms with Crippen molar-refractivity contribution in [2.24, 2.45) is 5.73 Å². The molecule has 0 amide bonds. The Bertz CT molecular complexity index is 404. The van der Waals surface area contributed by atoms with Crippen molar-refractivity contribution < 1.29 is 9.90 Å². The molecular formula is C13H19NO2S. The highest BCUT2D eigenvalue weighted by Gasteiger charge is 2.30. The first-order chi connectivity index (χ1) is 7.81. The first-order valence-electron chi connectivity index (χ1n) is 5.57. The molecule has 0 bridgehead atoms. The Morgan fingerprint density at radius 3 is 2.76 bits per heavy atom. The van der Waals surface area contributed by atoms with Gasteiger partial charge >= 0.3 is 5.97 Å². The second-order valence-electron chi connectivity index (χ2n) is 4.67. The Labute approximate surface area is 106 Å². The van der Waals surface area contributed by atoms with Crippen LogP contribution in [0.3, 0.4) is 0 Å². The summed E-state index contributed by atoms with van der Waals surface area (Å²) in [4.78, 5) is 12.1. The largest absolute Gasteiger partial charge is 0.480 e. The smallest absolute Gasteiger partial charge is 0.323 e. The third kappa shape index (κ3) is 4.40. The molecule has 3 nitrogen and oxygen atoms in total. The number of nitrogens with two attached hydrogens (primary N) is 1. The summed E-state index contributed by atoms with van der Waals surface area (Å²) >= 11 is 1.66. The molecule has 1 rings (SSSR count). The minimum atomic E-state index is -1.16. The number of carboxylic acid groups (broad SMARTS) is 1. The van der Waals surface area contributed by atoms with E-state index >= 15 is 0 Å². The van der Waals surface area contributed by atoms with Crippen LogP contribution in [0.1, 0.15) is 25.8 Å². The maximum Gasteiger partial charge on any atom is 0.323 e. The predicted molar refractivity (Wildman–Crippen MR) is 71.3 cm³/mol. The van der Waals surface area contributed by atoms with Crippen LogP contribution in [0.4, 0.5) is 0 Å². The van der Waals surface area contributed by atoms with Crippen LogP contribution in [0.15, 0.2) is 29.2 Å². The normalized spacial score (nSPS) is 16.2. The monoisotopic (exact) mass is 253 g/mol. The fourth-order valence-electron chi connectivity index (χ4n) is 1.65. The molecule has 4 heteroatoms. The van der Waals surface area contributed by atoms with E-state index in [2.05, 4.69) is 6.07 Å². The van der Waals surface area contributed by atoms with E-state index in [1.54, 1.807) is 18.7 Å². The molecule has 2 unspecified atom stereocenters. The van der Waals surface area contributed by atoms with Crippen LogP contribution in [0.2, 0.25) is 0 Å². The highest BCUT2D eigenvalue weighted by molar-refractivity contribution is 7.99. The first kappa shape index (κ1) is 14.1. The van der Waals surface area contributed by atoms with Gasteiger partial charge in [0.25, 0.3) is 0 Å². The maximum absolute atomic E-state index is 10.9. The molecule has 3 N–H and O–H groups in total. The molecular weight excluding hydrogens is 234 g/mol. The van der Waals surface area contributed by atoms with E-state index in [1.807, 2.05) is 32.0 Å². The molecule has 0 saturated carbocycles. The van der Waals surface area contributed by atoms with Crippen molar-refractivity contribution in [1.82, 2.24) is 0 Å². The Hall–Kier alpha value is -1.00. The molecule has 1 aromatic carbocycles. The molecule has 0 aromatic heterocycles. The van der Waals surface area contributed by atoms with Crippen molar-refractivity contribution in [3.05, 3.63) is 29.8 Å². The second kappa shape index (κ2) is 5.56. The van der Waals surface area contributed by atoms with E-state index in [0.29, 0.717) is 6.42 Å². The average molecular weight is 253 g/mol. The molecule has 0 aliphatic carbocycles. The van der Waals surface area contributed by atoms with Gasteiger partial charge in [0.1, 0.15) is 5.54 Å². The van der Waals surface area contributed by atoms with E-state index in [0.717, 1.165) is 4.90 Å². The molecule has 17 heavy (non-hydrogen) atoms. The minimum Gasteiger partial charge on any atom is -0.480 e. The predicted octanol–water partition coefficient (Wildman–Crippen LogP) is 2.67. The van der Waals surface area contributed by atoms with Gasteiger partial charge in [0.05, 0.1) is 0 Å². The number of rotatable bonds is 5. The number of thioether (sulfide) groups is 1. The highest BCUT2D eigenvalue weighted by Crippen LogP contribution is 2.28. The van der Waals surface area contributed by atoms with Crippen LogP contribution < -0.4 is 5.73 Å². The molecule has 0 aliphatic rings. The van der Waals surface area contributed by atoms with Crippen molar-refractivity contribution in [2.45, 2.75) is 42.9 Å². The van der Waals surface area contributed by atoms with Crippen molar-refractivity contribution in [2.75, 3.05) is 0 Å². The number of carboxylic acids is 1. The number of carbonyl (C=O) groups is 1. The Morgan fingerprint density at radius 2 is 2.24 bits per heavy atom. The van der Waals surface area contributed by atoms with E-state index < -0.39 is 11.5 Å². The molecule has 94 valence electrons. The summed E-state index contributed by atoms with van der Waals surface area (Å²) in [5.41, 5.74) is 5.78. The van der Waals surface area contributed by atoms with Crippen LogP contribution >= 0.6 is 11.8 Å². The van der Waals surface area contributed by atoms with Crippen LogP contribution in [-0.4, -0.2) is 21.9 Å². The summed E-state index contributed by atoms with van der Waals surface area (Å²) in [7, 11) is 0. The van der Waals surface area contributed by atoms with Crippen LogP contribution in [0.5, 0.6) is 0 Å². The van der Waals surface area contributed by atoms with Crippen molar-refractivity contribution in [1.29, 1.82) is 0 Å². The lowest BCUT2D eigenvalue weighted by atomic mass is 9.98. The number of benzene rings is 1. The van der Waals surface area contributed by atoms with E-state index in [4.69, 9.17) is 10.8 Å². The maximum atomic E-state index is 10.9. The number of aliphatic carboxylic acids is 1. The lowest BCUT2D eigenvalue weighted by Crippen LogP contribution is -2.46.